The summed E-state index contributed by atoms with van der Waals surface area (Å²) in [5, 5.41) is 4.03. The monoisotopic (exact) mass is 253 g/mol. The fourth-order valence-corrected chi connectivity index (χ4v) is 2.14. The Kier molecular flexibility index (Phi) is 2.83. The van der Waals surface area contributed by atoms with Crippen molar-refractivity contribution >= 4 is 16.8 Å². The van der Waals surface area contributed by atoms with Gasteiger partial charge in [0.05, 0.1) is 0 Å². The molecule has 2 heterocycles. The van der Waals surface area contributed by atoms with Crippen LogP contribution in [-0.2, 0) is 13.6 Å². The predicted molar refractivity (Wildman–Crippen MR) is 74.9 cm³/mol. The molecule has 0 aliphatic heterocycles. The summed E-state index contributed by atoms with van der Waals surface area (Å²) in [5.41, 5.74) is 2.75. The van der Waals surface area contributed by atoms with E-state index >= 15 is 0 Å². The summed E-state index contributed by atoms with van der Waals surface area (Å²) in [5.74, 6) is -0.0552. The van der Waals surface area contributed by atoms with Crippen LogP contribution in [0.15, 0.2) is 48.9 Å². The maximum Gasteiger partial charge on any atom is 0.251 e. The van der Waals surface area contributed by atoms with E-state index in [1.165, 1.54) is 0 Å². The molecule has 0 spiro atoms. The number of amides is 1. The van der Waals surface area contributed by atoms with E-state index in [1.807, 2.05) is 60.5 Å². The summed E-state index contributed by atoms with van der Waals surface area (Å²) in [6.45, 7) is 0.544. The van der Waals surface area contributed by atoms with Crippen molar-refractivity contribution in [2.24, 2.45) is 7.05 Å². The number of carbonyl (C=O) groups excluding carboxylic acids is 1. The first kappa shape index (κ1) is 11.6. The summed E-state index contributed by atoms with van der Waals surface area (Å²) < 4.78 is 1.96. The minimum absolute atomic E-state index is 0.0552. The van der Waals surface area contributed by atoms with E-state index in [-0.39, 0.29) is 5.91 Å². The molecule has 96 valence electrons. The summed E-state index contributed by atoms with van der Waals surface area (Å²) >= 11 is 0. The molecular formula is C15H15N3O. The van der Waals surface area contributed by atoms with E-state index in [2.05, 4.69) is 10.3 Å². The topological polar surface area (TPSA) is 49.8 Å². The normalized spacial score (nSPS) is 10.8. The molecule has 3 rings (SSSR count). The smallest absolute Gasteiger partial charge is 0.251 e. The van der Waals surface area contributed by atoms with Gasteiger partial charge in [0.1, 0.15) is 0 Å². The van der Waals surface area contributed by atoms with Gasteiger partial charge in [0, 0.05) is 43.3 Å². The van der Waals surface area contributed by atoms with Crippen LogP contribution in [-0.4, -0.2) is 15.5 Å². The van der Waals surface area contributed by atoms with Gasteiger partial charge >= 0.3 is 0 Å². The number of H-pyrrole nitrogens is 1. The Morgan fingerprint density at radius 3 is 3.00 bits per heavy atom. The maximum atomic E-state index is 12.1. The van der Waals surface area contributed by atoms with Crippen molar-refractivity contribution in [3.8, 4) is 0 Å². The molecule has 0 bridgehead atoms. The van der Waals surface area contributed by atoms with Crippen molar-refractivity contribution in [3.63, 3.8) is 0 Å². The summed E-state index contributed by atoms with van der Waals surface area (Å²) in [7, 11) is 1.96. The third-order valence-corrected chi connectivity index (χ3v) is 3.16. The van der Waals surface area contributed by atoms with Crippen molar-refractivity contribution < 1.29 is 4.79 Å². The number of hydrogen-bond donors (Lipinski definition) is 2. The molecule has 4 nitrogen and oxygen atoms in total. The number of aromatic nitrogens is 2. The molecule has 0 aliphatic rings. The number of benzene rings is 1. The largest absolute Gasteiger partial charge is 0.361 e. The van der Waals surface area contributed by atoms with E-state index in [4.69, 9.17) is 0 Å². The molecule has 0 fully saturated rings. The van der Waals surface area contributed by atoms with Crippen LogP contribution in [0.1, 0.15) is 15.9 Å². The molecular weight excluding hydrogens is 238 g/mol. The second-order valence-corrected chi connectivity index (χ2v) is 4.65. The first-order valence-electron chi connectivity index (χ1n) is 6.18. The van der Waals surface area contributed by atoms with Crippen molar-refractivity contribution in [3.05, 3.63) is 60.0 Å². The molecule has 4 heteroatoms. The number of rotatable bonds is 3. The van der Waals surface area contributed by atoms with Crippen LogP contribution in [0.25, 0.3) is 10.9 Å². The molecule has 0 saturated heterocycles. The molecule has 3 aromatic rings. The fraction of sp³-hybridized carbons (Fsp3) is 0.133. The van der Waals surface area contributed by atoms with Gasteiger partial charge in [0.2, 0.25) is 0 Å². The van der Waals surface area contributed by atoms with Crippen molar-refractivity contribution in [1.29, 1.82) is 0 Å². The minimum atomic E-state index is -0.0552. The SMILES string of the molecule is Cn1ccc(CNC(=O)c2ccc3cc[nH]c3c2)c1. The Bertz CT molecular complexity index is 724. The number of aromatic amines is 1. The lowest BCUT2D eigenvalue weighted by atomic mass is 10.1. The molecule has 0 unspecified atom stereocenters. The third-order valence-electron chi connectivity index (χ3n) is 3.16. The molecule has 0 aliphatic carbocycles. The van der Waals surface area contributed by atoms with Crippen LogP contribution in [0, 0.1) is 0 Å². The number of carbonyl (C=O) groups is 1. The van der Waals surface area contributed by atoms with E-state index in [0.717, 1.165) is 16.5 Å². The van der Waals surface area contributed by atoms with Crippen LogP contribution in [0.2, 0.25) is 0 Å². The number of nitrogens with zero attached hydrogens (tertiary/aromatic N) is 1. The Hall–Kier alpha value is -2.49. The number of aryl methyl sites for hydroxylation is 1. The summed E-state index contributed by atoms with van der Waals surface area (Å²) in [4.78, 5) is 15.2. The number of nitrogens with one attached hydrogen (secondary N) is 2. The van der Waals surface area contributed by atoms with E-state index in [0.29, 0.717) is 12.1 Å². The van der Waals surface area contributed by atoms with Crippen LogP contribution in [0.5, 0.6) is 0 Å². The Labute approximate surface area is 111 Å². The number of hydrogen-bond acceptors (Lipinski definition) is 1. The van der Waals surface area contributed by atoms with Crippen molar-refractivity contribution in [1.82, 2.24) is 14.9 Å². The van der Waals surface area contributed by atoms with Gasteiger partial charge in [0.15, 0.2) is 0 Å². The molecule has 1 amide bonds. The van der Waals surface area contributed by atoms with E-state index < -0.39 is 0 Å². The molecule has 0 radical (unpaired) electrons. The predicted octanol–water partition coefficient (Wildman–Crippen LogP) is 2.44. The number of fused-ring (bicyclic) bond motifs is 1. The van der Waals surface area contributed by atoms with Crippen LogP contribution in [0.4, 0.5) is 0 Å². The lowest BCUT2D eigenvalue weighted by Crippen LogP contribution is -2.22. The molecule has 0 saturated carbocycles. The zero-order chi connectivity index (χ0) is 13.2. The second kappa shape index (κ2) is 4.65. The third kappa shape index (κ3) is 2.38. The second-order valence-electron chi connectivity index (χ2n) is 4.65. The Morgan fingerprint density at radius 1 is 1.32 bits per heavy atom. The summed E-state index contributed by atoms with van der Waals surface area (Å²) in [6, 6.07) is 9.64. The summed E-state index contributed by atoms with van der Waals surface area (Å²) in [6.07, 6.45) is 5.83. The molecule has 19 heavy (non-hydrogen) atoms. The van der Waals surface area contributed by atoms with Gasteiger partial charge in [-0.3, -0.25) is 4.79 Å². The fourth-order valence-electron chi connectivity index (χ4n) is 2.14. The van der Waals surface area contributed by atoms with Crippen molar-refractivity contribution in [2.75, 3.05) is 0 Å². The van der Waals surface area contributed by atoms with Crippen LogP contribution in [0.3, 0.4) is 0 Å². The lowest BCUT2D eigenvalue weighted by molar-refractivity contribution is 0.0951. The van der Waals surface area contributed by atoms with Gasteiger partial charge in [-0.25, -0.2) is 0 Å². The van der Waals surface area contributed by atoms with Gasteiger partial charge in [-0.1, -0.05) is 6.07 Å². The lowest BCUT2D eigenvalue weighted by Gasteiger charge is -2.04. The first-order chi connectivity index (χ1) is 9.22. The highest BCUT2D eigenvalue weighted by Crippen LogP contribution is 2.14. The van der Waals surface area contributed by atoms with Gasteiger partial charge in [0.25, 0.3) is 5.91 Å². The average molecular weight is 253 g/mol. The Balaban J connectivity index is 1.72. The van der Waals surface area contributed by atoms with Gasteiger partial charge in [-0.2, -0.15) is 0 Å². The average Bonchev–Trinajstić information content (AvgIpc) is 3.03. The van der Waals surface area contributed by atoms with Gasteiger partial charge < -0.3 is 14.9 Å². The maximum absolute atomic E-state index is 12.1. The molecule has 2 aromatic heterocycles. The van der Waals surface area contributed by atoms with Crippen molar-refractivity contribution in [2.45, 2.75) is 6.54 Å². The zero-order valence-electron chi connectivity index (χ0n) is 10.7. The van der Waals surface area contributed by atoms with Gasteiger partial charge in [-0.15, -0.1) is 0 Å². The zero-order valence-corrected chi connectivity index (χ0v) is 10.7. The molecule has 0 atom stereocenters. The van der Waals surface area contributed by atoms with Gasteiger partial charge in [-0.05, 0) is 35.2 Å². The van der Waals surface area contributed by atoms with Crippen LogP contribution >= 0.6 is 0 Å². The highest BCUT2D eigenvalue weighted by atomic mass is 16.1. The Morgan fingerprint density at radius 2 is 2.21 bits per heavy atom. The quantitative estimate of drug-likeness (QED) is 0.740. The highest BCUT2D eigenvalue weighted by Gasteiger charge is 2.06. The molecule has 1 aromatic carbocycles. The van der Waals surface area contributed by atoms with Crippen LogP contribution < -0.4 is 5.32 Å². The first-order valence-corrected chi connectivity index (χ1v) is 6.18. The minimum Gasteiger partial charge on any atom is -0.361 e. The highest BCUT2D eigenvalue weighted by molar-refractivity contribution is 5.97. The van der Waals surface area contributed by atoms with E-state index in [9.17, 15) is 4.79 Å². The molecule has 2 N–H and O–H groups in total. The standard InChI is InChI=1S/C15H15N3O/c1-18-7-5-11(10-18)9-17-15(19)13-3-2-12-4-6-16-14(12)8-13/h2-8,10,16H,9H2,1H3,(H,17,19). The van der Waals surface area contributed by atoms with E-state index in [1.54, 1.807) is 0 Å².